The van der Waals surface area contributed by atoms with Gasteiger partial charge in [0.15, 0.2) is 11.0 Å². The molecule has 0 atom stereocenters. The van der Waals surface area contributed by atoms with Crippen molar-refractivity contribution in [1.29, 1.82) is 0 Å². The zero-order valence-corrected chi connectivity index (χ0v) is 12.7. The summed E-state index contributed by atoms with van der Waals surface area (Å²) >= 11 is 4.21. The third-order valence-electron chi connectivity index (χ3n) is 3.36. The van der Waals surface area contributed by atoms with Crippen LogP contribution in [-0.2, 0) is 14.1 Å². The zero-order valence-electron chi connectivity index (χ0n) is 11.8. The second kappa shape index (κ2) is 5.26. The summed E-state index contributed by atoms with van der Waals surface area (Å²) in [6, 6.07) is 6.41. The number of hydrogen-bond donors (Lipinski definition) is 1. The number of aryl methyl sites for hydroxylation is 1. The molecule has 0 amide bonds. The standard InChI is InChI=1S/C13H12N6O2S/c1-17-12(15-16-13(17)22)10-7-14-18(2)11(10)8-4-3-5-9(6-8)19(20)21/h3-7H,1-2H3,(H,16,22). The Morgan fingerprint density at radius 1 is 1.27 bits per heavy atom. The second-order valence-electron chi connectivity index (χ2n) is 4.72. The first kappa shape index (κ1) is 14.3. The van der Waals surface area contributed by atoms with Crippen LogP contribution in [-0.4, -0.2) is 29.5 Å². The molecule has 2 aromatic heterocycles. The van der Waals surface area contributed by atoms with Crippen molar-refractivity contribution in [3.63, 3.8) is 0 Å². The van der Waals surface area contributed by atoms with Gasteiger partial charge in [-0.05, 0) is 0 Å². The van der Waals surface area contributed by atoms with Gasteiger partial charge in [-0.25, -0.2) is 0 Å². The topological polar surface area (TPSA) is 91.7 Å². The van der Waals surface area contributed by atoms with E-state index in [1.807, 2.05) is 0 Å². The minimum Gasteiger partial charge on any atom is -0.305 e. The van der Waals surface area contributed by atoms with Crippen molar-refractivity contribution in [2.75, 3.05) is 0 Å². The van der Waals surface area contributed by atoms with E-state index >= 15 is 0 Å². The Balaban J connectivity index is 2.20. The number of thiol groups is 1. The average molecular weight is 316 g/mol. The van der Waals surface area contributed by atoms with Gasteiger partial charge in [-0.15, -0.1) is 22.8 Å². The highest BCUT2D eigenvalue weighted by Crippen LogP contribution is 2.32. The second-order valence-corrected chi connectivity index (χ2v) is 5.12. The van der Waals surface area contributed by atoms with Crippen LogP contribution in [0.3, 0.4) is 0 Å². The fourth-order valence-corrected chi connectivity index (χ4v) is 2.41. The number of hydrogen-bond acceptors (Lipinski definition) is 6. The van der Waals surface area contributed by atoms with Crippen LogP contribution in [0, 0.1) is 10.1 Å². The molecule has 0 aliphatic heterocycles. The van der Waals surface area contributed by atoms with Crippen molar-refractivity contribution in [2.45, 2.75) is 5.16 Å². The highest BCUT2D eigenvalue weighted by molar-refractivity contribution is 7.80. The molecule has 3 aromatic rings. The Hall–Kier alpha value is -2.68. The van der Waals surface area contributed by atoms with Crippen LogP contribution in [0.4, 0.5) is 5.69 Å². The van der Waals surface area contributed by atoms with Gasteiger partial charge in [0, 0.05) is 31.8 Å². The van der Waals surface area contributed by atoms with E-state index in [2.05, 4.69) is 27.9 Å². The number of nitrogens with zero attached hydrogens (tertiary/aromatic N) is 6. The Morgan fingerprint density at radius 3 is 2.68 bits per heavy atom. The van der Waals surface area contributed by atoms with E-state index in [9.17, 15) is 10.1 Å². The maximum absolute atomic E-state index is 11.0. The molecule has 0 aliphatic carbocycles. The molecule has 0 radical (unpaired) electrons. The van der Waals surface area contributed by atoms with Gasteiger partial charge in [-0.2, -0.15) is 5.10 Å². The summed E-state index contributed by atoms with van der Waals surface area (Å²) in [5.41, 5.74) is 2.18. The summed E-state index contributed by atoms with van der Waals surface area (Å²) in [5, 5.41) is 23.7. The lowest BCUT2D eigenvalue weighted by molar-refractivity contribution is -0.384. The fourth-order valence-electron chi connectivity index (χ4n) is 2.27. The van der Waals surface area contributed by atoms with Crippen molar-refractivity contribution in [1.82, 2.24) is 24.5 Å². The van der Waals surface area contributed by atoms with Gasteiger partial charge >= 0.3 is 0 Å². The molecule has 3 rings (SSSR count). The molecule has 0 unspecified atom stereocenters. The Bertz CT molecular complexity index is 869. The summed E-state index contributed by atoms with van der Waals surface area (Å²) in [4.78, 5) is 10.5. The molecule has 0 saturated carbocycles. The van der Waals surface area contributed by atoms with E-state index in [4.69, 9.17) is 0 Å². The van der Waals surface area contributed by atoms with E-state index in [1.54, 1.807) is 41.7 Å². The van der Waals surface area contributed by atoms with E-state index in [1.165, 1.54) is 12.1 Å². The van der Waals surface area contributed by atoms with Crippen LogP contribution >= 0.6 is 12.6 Å². The predicted octanol–water partition coefficient (Wildman–Crippen LogP) is 2.08. The third-order valence-corrected chi connectivity index (χ3v) is 3.75. The van der Waals surface area contributed by atoms with Gasteiger partial charge in [0.25, 0.3) is 5.69 Å². The third kappa shape index (κ3) is 2.25. The van der Waals surface area contributed by atoms with Crippen LogP contribution in [0.25, 0.3) is 22.6 Å². The summed E-state index contributed by atoms with van der Waals surface area (Å²) in [5.74, 6) is 0.597. The lowest BCUT2D eigenvalue weighted by Gasteiger charge is -2.06. The van der Waals surface area contributed by atoms with E-state index in [0.29, 0.717) is 16.5 Å². The van der Waals surface area contributed by atoms with Gasteiger partial charge in [0.05, 0.1) is 22.4 Å². The van der Waals surface area contributed by atoms with Crippen molar-refractivity contribution in [2.24, 2.45) is 14.1 Å². The lowest BCUT2D eigenvalue weighted by atomic mass is 10.1. The number of nitro benzene ring substituents is 1. The first-order valence-corrected chi connectivity index (χ1v) is 6.79. The van der Waals surface area contributed by atoms with Gasteiger partial charge in [-0.1, -0.05) is 12.1 Å². The molecule has 9 heteroatoms. The Morgan fingerprint density at radius 2 is 2.05 bits per heavy atom. The first-order valence-electron chi connectivity index (χ1n) is 6.34. The minimum atomic E-state index is -0.423. The van der Waals surface area contributed by atoms with Gasteiger partial charge < -0.3 is 4.57 Å². The van der Waals surface area contributed by atoms with Gasteiger partial charge in [0.2, 0.25) is 0 Å². The lowest BCUT2D eigenvalue weighted by Crippen LogP contribution is -1.98. The highest BCUT2D eigenvalue weighted by atomic mass is 32.1. The molecule has 22 heavy (non-hydrogen) atoms. The van der Waals surface area contributed by atoms with Crippen LogP contribution in [0.5, 0.6) is 0 Å². The Labute approximate surface area is 131 Å². The first-order chi connectivity index (χ1) is 10.5. The smallest absolute Gasteiger partial charge is 0.270 e. The predicted molar refractivity (Wildman–Crippen MR) is 82.5 cm³/mol. The minimum absolute atomic E-state index is 0.0255. The van der Waals surface area contributed by atoms with Crippen LogP contribution < -0.4 is 0 Å². The van der Waals surface area contributed by atoms with Gasteiger partial charge in [0.1, 0.15) is 0 Å². The molecule has 0 spiro atoms. The van der Waals surface area contributed by atoms with Crippen LogP contribution in [0.1, 0.15) is 0 Å². The molecular formula is C13H12N6O2S. The molecule has 0 bridgehead atoms. The molecule has 0 fully saturated rings. The molecule has 0 saturated heterocycles. The zero-order chi connectivity index (χ0) is 15.9. The number of non-ortho nitro benzene ring substituents is 1. The number of rotatable bonds is 3. The Kier molecular flexibility index (Phi) is 3.41. The maximum atomic E-state index is 11.0. The maximum Gasteiger partial charge on any atom is 0.270 e. The highest BCUT2D eigenvalue weighted by Gasteiger charge is 2.19. The molecule has 1 aromatic carbocycles. The number of benzene rings is 1. The van der Waals surface area contributed by atoms with E-state index in [-0.39, 0.29) is 5.69 Å². The van der Waals surface area contributed by atoms with Crippen molar-refractivity contribution in [3.8, 4) is 22.6 Å². The summed E-state index contributed by atoms with van der Waals surface area (Å²) < 4.78 is 3.38. The summed E-state index contributed by atoms with van der Waals surface area (Å²) in [7, 11) is 3.57. The molecule has 2 heterocycles. The molecule has 8 nitrogen and oxygen atoms in total. The van der Waals surface area contributed by atoms with E-state index in [0.717, 1.165) is 11.3 Å². The molecular weight excluding hydrogens is 304 g/mol. The SMILES string of the molecule is Cn1ncc(-c2nnc(S)n2C)c1-c1cccc([N+](=O)[O-])c1. The fraction of sp³-hybridized carbons (Fsp3) is 0.154. The average Bonchev–Trinajstić information content (AvgIpc) is 3.03. The van der Waals surface area contributed by atoms with Crippen LogP contribution in [0.2, 0.25) is 0 Å². The van der Waals surface area contributed by atoms with Gasteiger partial charge in [-0.3, -0.25) is 14.8 Å². The number of aromatic nitrogens is 5. The van der Waals surface area contributed by atoms with Crippen molar-refractivity contribution in [3.05, 3.63) is 40.6 Å². The monoisotopic (exact) mass is 316 g/mol. The summed E-state index contributed by atoms with van der Waals surface area (Å²) in [6.45, 7) is 0. The van der Waals surface area contributed by atoms with Crippen molar-refractivity contribution >= 4 is 18.3 Å². The largest absolute Gasteiger partial charge is 0.305 e. The quantitative estimate of drug-likeness (QED) is 0.454. The number of nitro groups is 1. The van der Waals surface area contributed by atoms with Crippen LogP contribution in [0.15, 0.2) is 35.6 Å². The van der Waals surface area contributed by atoms with E-state index < -0.39 is 4.92 Å². The molecule has 112 valence electrons. The normalized spacial score (nSPS) is 10.9. The molecule has 0 N–H and O–H groups in total. The summed E-state index contributed by atoms with van der Waals surface area (Å²) in [6.07, 6.45) is 1.66. The van der Waals surface area contributed by atoms with Crippen molar-refractivity contribution < 1.29 is 4.92 Å². The molecule has 0 aliphatic rings.